The summed E-state index contributed by atoms with van der Waals surface area (Å²) < 4.78 is 15.1. The molecule has 0 aliphatic heterocycles. The van der Waals surface area contributed by atoms with Gasteiger partial charge in [-0.2, -0.15) is 0 Å². The molecule has 0 bridgehead atoms. The van der Waals surface area contributed by atoms with Gasteiger partial charge in [-0.1, -0.05) is 0 Å². The molecule has 0 aromatic heterocycles. The zero-order valence-corrected chi connectivity index (χ0v) is 8.06. The van der Waals surface area contributed by atoms with Crippen LogP contribution in [0.1, 0.15) is 33.1 Å². The quantitative estimate of drug-likeness (QED) is 0.499. The first kappa shape index (κ1) is 11.0. The summed E-state index contributed by atoms with van der Waals surface area (Å²) in [6, 6.07) is 0. The molecule has 0 saturated carbocycles. The van der Waals surface area contributed by atoms with Gasteiger partial charge in [0.25, 0.3) is 0 Å². The molecular weight excluding hydrogens is 161 g/mol. The summed E-state index contributed by atoms with van der Waals surface area (Å²) in [6.07, 6.45) is 2.93. The molecule has 0 aromatic carbocycles. The topological polar surface area (TPSA) is 52.3 Å². The van der Waals surface area contributed by atoms with Crippen LogP contribution >= 0.6 is 8.69 Å². The van der Waals surface area contributed by atoms with Crippen LogP contribution in [0, 0.1) is 0 Å². The number of hydrogen-bond acceptors (Lipinski definition) is 3. The molecule has 0 atom stereocenters. The molecule has 66 valence electrons. The van der Waals surface area contributed by atoms with Crippen molar-refractivity contribution in [2.45, 2.75) is 38.7 Å². The molecule has 0 radical (unpaired) electrons. The van der Waals surface area contributed by atoms with Gasteiger partial charge in [0.15, 0.2) is 0 Å². The summed E-state index contributed by atoms with van der Waals surface area (Å²) in [5.41, 5.74) is 5.05. The second kappa shape index (κ2) is 5.64. The Morgan fingerprint density at radius 1 is 1.45 bits per heavy atom. The number of hydrogen-bond donors (Lipinski definition) is 1. The van der Waals surface area contributed by atoms with Gasteiger partial charge in [0.2, 0.25) is 0 Å². The van der Waals surface area contributed by atoms with Crippen molar-refractivity contribution in [2.24, 2.45) is 5.73 Å². The van der Waals surface area contributed by atoms with Crippen molar-refractivity contribution in [3.05, 3.63) is 0 Å². The minimum atomic E-state index is -0.279. The molecule has 0 fully saturated rings. The van der Waals surface area contributed by atoms with Gasteiger partial charge in [0, 0.05) is 0 Å². The van der Waals surface area contributed by atoms with Crippen molar-refractivity contribution >= 4 is 8.69 Å². The smallest absolute Gasteiger partial charge is 0.327 e. The maximum Gasteiger partial charge on any atom is 0.327 e. The van der Waals surface area contributed by atoms with Crippen LogP contribution in [0.2, 0.25) is 0 Å². The number of rotatable bonds is 6. The van der Waals surface area contributed by atoms with Crippen LogP contribution in [-0.4, -0.2) is 12.1 Å². The highest BCUT2D eigenvalue weighted by atomic mass is 31.1. The summed E-state index contributed by atoms with van der Waals surface area (Å²) in [7, 11) is -0.237. The molecule has 0 unspecified atom stereocenters. The van der Waals surface area contributed by atoms with Crippen LogP contribution < -0.4 is 5.73 Å². The molecule has 4 heteroatoms. The van der Waals surface area contributed by atoms with Crippen LogP contribution in [0.25, 0.3) is 0 Å². The minimum Gasteiger partial charge on any atom is -0.330 e. The second-order valence-corrected chi connectivity index (χ2v) is 3.50. The number of unbranched alkanes of at least 4 members (excludes halogenated alkanes) is 1. The lowest BCUT2D eigenvalue weighted by Crippen LogP contribution is -2.20. The molecule has 0 saturated heterocycles. The summed E-state index contributed by atoms with van der Waals surface area (Å²) in [5, 5.41) is 0. The van der Waals surface area contributed by atoms with Crippen molar-refractivity contribution in [3.63, 3.8) is 0 Å². The summed E-state index contributed by atoms with van der Waals surface area (Å²) in [6.45, 7) is 4.56. The molecule has 0 aliphatic rings. The van der Waals surface area contributed by atoms with E-state index in [9.17, 15) is 4.57 Å². The maximum atomic E-state index is 10.1. The zero-order valence-electron chi connectivity index (χ0n) is 7.17. The highest BCUT2D eigenvalue weighted by Gasteiger charge is 2.17. The highest BCUT2D eigenvalue weighted by molar-refractivity contribution is 7.17. The predicted molar refractivity (Wildman–Crippen MR) is 45.7 cm³/mol. The lowest BCUT2D eigenvalue weighted by Gasteiger charge is -2.19. The van der Waals surface area contributed by atoms with E-state index in [0.29, 0.717) is 6.54 Å². The van der Waals surface area contributed by atoms with E-state index in [2.05, 4.69) is 0 Å². The van der Waals surface area contributed by atoms with E-state index in [0.717, 1.165) is 19.3 Å². The Morgan fingerprint density at radius 3 is 2.55 bits per heavy atom. The van der Waals surface area contributed by atoms with E-state index in [4.69, 9.17) is 10.3 Å². The Bertz CT molecular complexity index is 117. The van der Waals surface area contributed by atoms with Crippen molar-refractivity contribution < 1.29 is 9.09 Å². The second-order valence-electron chi connectivity index (χ2n) is 3.17. The van der Waals surface area contributed by atoms with Crippen LogP contribution in [0.5, 0.6) is 0 Å². The van der Waals surface area contributed by atoms with Gasteiger partial charge in [-0.3, -0.25) is 4.52 Å². The molecule has 0 aromatic rings. The van der Waals surface area contributed by atoms with E-state index < -0.39 is 0 Å². The summed E-state index contributed by atoms with van der Waals surface area (Å²) in [5.74, 6) is 0. The van der Waals surface area contributed by atoms with Gasteiger partial charge in [-0.15, -0.1) is 0 Å². The third-order valence-corrected chi connectivity index (χ3v) is 2.09. The SMILES string of the molecule is CC(C)(CCCCN)OP=O. The molecular formula is C7H16NO2P. The Kier molecular flexibility index (Phi) is 5.65. The Balaban J connectivity index is 3.45. The minimum absolute atomic E-state index is 0.237. The monoisotopic (exact) mass is 177 g/mol. The number of nitrogens with two attached hydrogens (primary N) is 1. The molecule has 2 N–H and O–H groups in total. The van der Waals surface area contributed by atoms with E-state index in [1.807, 2.05) is 13.8 Å². The van der Waals surface area contributed by atoms with Crippen molar-refractivity contribution in [3.8, 4) is 0 Å². The van der Waals surface area contributed by atoms with Gasteiger partial charge < -0.3 is 5.73 Å². The van der Waals surface area contributed by atoms with Crippen LogP contribution in [0.15, 0.2) is 0 Å². The van der Waals surface area contributed by atoms with E-state index in [1.165, 1.54) is 0 Å². The first-order chi connectivity index (χ1) is 5.12. The van der Waals surface area contributed by atoms with Crippen molar-refractivity contribution in [1.29, 1.82) is 0 Å². The first-order valence-corrected chi connectivity index (χ1v) is 4.56. The van der Waals surface area contributed by atoms with Gasteiger partial charge in [0.1, 0.15) is 0 Å². The molecule has 3 nitrogen and oxygen atoms in total. The molecule has 0 heterocycles. The van der Waals surface area contributed by atoms with E-state index >= 15 is 0 Å². The fraction of sp³-hybridized carbons (Fsp3) is 1.00. The molecule has 0 rings (SSSR count). The standard InChI is InChI=1S/C7H16NO2P/c1-7(2,10-11-9)5-3-4-6-8/h3-6,8H2,1-2H3. The zero-order chi connectivity index (χ0) is 8.74. The largest absolute Gasteiger partial charge is 0.330 e. The predicted octanol–water partition coefficient (Wildman–Crippen LogP) is 2.12. The lowest BCUT2D eigenvalue weighted by molar-refractivity contribution is 0.114. The molecule has 0 aliphatic carbocycles. The highest BCUT2D eigenvalue weighted by Crippen LogP contribution is 2.21. The third kappa shape index (κ3) is 6.42. The van der Waals surface area contributed by atoms with Gasteiger partial charge in [-0.25, -0.2) is 4.57 Å². The van der Waals surface area contributed by atoms with Gasteiger partial charge in [-0.05, 0) is 39.7 Å². The van der Waals surface area contributed by atoms with Crippen LogP contribution in [0.4, 0.5) is 0 Å². The molecule has 0 spiro atoms. The van der Waals surface area contributed by atoms with Crippen molar-refractivity contribution in [2.75, 3.05) is 6.54 Å². The summed E-state index contributed by atoms with van der Waals surface area (Å²) in [4.78, 5) is 0. The van der Waals surface area contributed by atoms with Crippen LogP contribution in [-0.2, 0) is 9.09 Å². The van der Waals surface area contributed by atoms with Gasteiger partial charge in [0.05, 0.1) is 5.60 Å². The van der Waals surface area contributed by atoms with Gasteiger partial charge >= 0.3 is 8.69 Å². The van der Waals surface area contributed by atoms with E-state index in [-0.39, 0.29) is 14.3 Å². The average molecular weight is 177 g/mol. The Morgan fingerprint density at radius 2 is 2.09 bits per heavy atom. The summed E-state index contributed by atoms with van der Waals surface area (Å²) >= 11 is 0. The molecule has 11 heavy (non-hydrogen) atoms. The molecule has 0 amide bonds. The lowest BCUT2D eigenvalue weighted by atomic mass is 10.0. The van der Waals surface area contributed by atoms with E-state index in [1.54, 1.807) is 0 Å². The fourth-order valence-corrected chi connectivity index (χ4v) is 1.13. The average Bonchev–Trinajstić information content (AvgIpc) is 1.87. The normalized spacial score (nSPS) is 12.3. The Labute approximate surface area is 69.6 Å². The van der Waals surface area contributed by atoms with Crippen LogP contribution in [0.3, 0.4) is 0 Å². The van der Waals surface area contributed by atoms with Crippen molar-refractivity contribution in [1.82, 2.24) is 0 Å². The third-order valence-electron chi connectivity index (χ3n) is 1.52. The maximum absolute atomic E-state index is 10.1. The fourth-order valence-electron chi connectivity index (χ4n) is 0.842. The first-order valence-electron chi connectivity index (χ1n) is 3.83. The Hall–Kier alpha value is 0.0200.